The molecule has 0 saturated heterocycles. The lowest BCUT2D eigenvalue weighted by atomic mass is 9.80. The molecule has 1 aliphatic rings. The Morgan fingerprint density at radius 1 is 0.941 bits per heavy atom. The quantitative estimate of drug-likeness (QED) is 0.143. The van der Waals surface area contributed by atoms with E-state index in [4.69, 9.17) is 10.2 Å². The van der Waals surface area contributed by atoms with E-state index in [0.717, 1.165) is 24.8 Å². The first kappa shape index (κ1) is 30.5. The molecule has 0 aromatic carbocycles. The fourth-order valence-corrected chi connectivity index (χ4v) is 5.77. The van der Waals surface area contributed by atoms with Gasteiger partial charge in [0, 0.05) is 0 Å². The Morgan fingerprint density at radius 2 is 1.53 bits per heavy atom. The van der Waals surface area contributed by atoms with Gasteiger partial charge in [0.1, 0.15) is 6.54 Å². The van der Waals surface area contributed by atoms with E-state index in [1.54, 1.807) is 0 Å². The summed E-state index contributed by atoms with van der Waals surface area (Å²) in [5, 5.41) is 30.7. The van der Waals surface area contributed by atoms with Crippen molar-refractivity contribution < 1.29 is 29.7 Å². The molecule has 0 aromatic rings. The minimum Gasteiger partial charge on any atom is -0.481 e. The summed E-state index contributed by atoms with van der Waals surface area (Å²) in [5.41, 5.74) is 1.08. The minimum atomic E-state index is -1.11. The highest BCUT2D eigenvalue weighted by atomic mass is 32.2. The molecule has 1 amide bonds. The first-order valence-corrected chi connectivity index (χ1v) is 14.1. The first-order valence-electron chi connectivity index (χ1n) is 13.0. The van der Waals surface area contributed by atoms with Gasteiger partial charge in [-0.3, -0.25) is 14.4 Å². The number of hydrogen-bond donors (Lipinski definition) is 4. The molecule has 0 radical (unpaired) electrons. The number of allylic oxidation sites excluding steroid dienone is 1. The Labute approximate surface area is 209 Å². The highest BCUT2D eigenvalue weighted by Gasteiger charge is 2.36. The summed E-state index contributed by atoms with van der Waals surface area (Å²) in [6.45, 7) is 1.81. The highest BCUT2D eigenvalue weighted by Crippen LogP contribution is 2.38. The predicted octanol–water partition coefficient (Wildman–Crippen LogP) is 5.16. The number of carbonyl (C=O) groups excluding carboxylic acids is 1. The summed E-state index contributed by atoms with van der Waals surface area (Å²) in [6.07, 6.45) is 17.7. The summed E-state index contributed by atoms with van der Waals surface area (Å²) in [5.74, 6) is -2.74. The lowest BCUT2D eigenvalue weighted by Gasteiger charge is -2.36. The molecule has 0 spiro atoms. The van der Waals surface area contributed by atoms with Crippen LogP contribution in [0.25, 0.3) is 0 Å². The van der Waals surface area contributed by atoms with Crippen LogP contribution in [-0.2, 0) is 14.4 Å². The Hall–Kier alpha value is -1.54. The molecule has 0 bridgehead atoms. The second-order valence-corrected chi connectivity index (χ2v) is 10.5. The summed E-state index contributed by atoms with van der Waals surface area (Å²) in [6, 6.07) is 0. The molecule has 4 N–H and O–H groups in total. The zero-order chi connectivity index (χ0) is 25.2. The van der Waals surface area contributed by atoms with E-state index in [1.165, 1.54) is 76.0 Å². The Kier molecular flexibility index (Phi) is 16.8. The third kappa shape index (κ3) is 14.0. The number of thioether (sulfide) groups is 1. The minimum absolute atomic E-state index is 0.0323. The SMILES string of the molecule is CCCCCCCCCCCCC/C=C1\CC[C@@H](CC(=O)O)[C@H](O)[C@H]1SCC(=O)NCC(=O)O. The molecule has 7 nitrogen and oxygen atoms in total. The van der Waals surface area contributed by atoms with Crippen LogP contribution in [0.15, 0.2) is 11.6 Å². The topological polar surface area (TPSA) is 124 Å². The zero-order valence-corrected chi connectivity index (χ0v) is 21.6. The van der Waals surface area contributed by atoms with Gasteiger partial charge in [0.2, 0.25) is 5.91 Å². The van der Waals surface area contributed by atoms with Crippen LogP contribution in [-0.4, -0.2) is 56.8 Å². The Bertz CT molecular complexity index is 639. The van der Waals surface area contributed by atoms with Crippen molar-refractivity contribution in [2.24, 2.45) is 5.92 Å². The van der Waals surface area contributed by atoms with Crippen LogP contribution in [0.1, 0.15) is 103 Å². The molecule has 0 heterocycles. The number of aliphatic carboxylic acids is 2. The van der Waals surface area contributed by atoms with Crippen LogP contribution >= 0.6 is 11.8 Å². The number of rotatable bonds is 19. The van der Waals surface area contributed by atoms with Gasteiger partial charge in [-0.1, -0.05) is 82.8 Å². The highest BCUT2D eigenvalue weighted by molar-refractivity contribution is 8.00. The average molecular weight is 500 g/mol. The fraction of sp³-hybridized carbons (Fsp3) is 0.808. The smallest absolute Gasteiger partial charge is 0.322 e. The lowest BCUT2D eigenvalue weighted by molar-refractivity contribution is -0.139. The van der Waals surface area contributed by atoms with E-state index < -0.39 is 30.5 Å². The number of carboxylic acids is 2. The predicted molar refractivity (Wildman–Crippen MR) is 137 cm³/mol. The average Bonchev–Trinajstić information content (AvgIpc) is 2.79. The van der Waals surface area contributed by atoms with Gasteiger partial charge < -0.3 is 20.6 Å². The molecule has 196 valence electrons. The molecule has 0 aliphatic heterocycles. The number of hydrogen-bond acceptors (Lipinski definition) is 5. The van der Waals surface area contributed by atoms with Crippen molar-refractivity contribution in [3.05, 3.63) is 11.6 Å². The third-order valence-corrected chi connectivity index (χ3v) is 7.81. The zero-order valence-electron chi connectivity index (χ0n) is 20.8. The van der Waals surface area contributed by atoms with Gasteiger partial charge in [0.15, 0.2) is 0 Å². The van der Waals surface area contributed by atoms with Crippen LogP contribution < -0.4 is 5.32 Å². The normalized spacial score (nSPS) is 21.5. The van der Waals surface area contributed by atoms with E-state index in [0.29, 0.717) is 6.42 Å². The first-order chi connectivity index (χ1) is 16.3. The molecule has 8 heteroatoms. The molecule has 1 aliphatic carbocycles. The number of unbranched alkanes of at least 4 members (excludes halogenated alkanes) is 11. The third-order valence-electron chi connectivity index (χ3n) is 6.44. The summed E-state index contributed by atoms with van der Waals surface area (Å²) in [4.78, 5) is 33.7. The second-order valence-electron chi connectivity index (χ2n) is 9.39. The van der Waals surface area contributed by atoms with Crippen molar-refractivity contribution in [3.8, 4) is 0 Å². The number of aliphatic hydroxyl groups is 1. The number of aliphatic hydroxyl groups excluding tert-OH is 1. The number of carboxylic acid groups (broad SMARTS) is 2. The second kappa shape index (κ2) is 18.7. The summed E-state index contributed by atoms with van der Waals surface area (Å²) < 4.78 is 0. The Balaban J connectivity index is 2.42. The number of amides is 1. The Morgan fingerprint density at radius 3 is 2.09 bits per heavy atom. The standard InChI is InChI=1S/C26H45NO6S/c1-2-3-4-5-6-7-8-9-10-11-12-13-14-20-15-16-21(17-23(29)30)25(33)26(20)34-19-22(28)27-18-24(31)32/h14,21,25-26,33H,2-13,15-19H2,1H3,(H,27,28)(H,29,30)(H,31,32)/b20-14+/t21-,25-,26-/m0/s1. The molecule has 1 saturated carbocycles. The molecular weight excluding hydrogens is 454 g/mol. The molecule has 0 unspecified atom stereocenters. The van der Waals surface area contributed by atoms with E-state index >= 15 is 0 Å². The molecule has 1 rings (SSSR count). The van der Waals surface area contributed by atoms with Gasteiger partial charge in [-0.25, -0.2) is 0 Å². The summed E-state index contributed by atoms with van der Waals surface area (Å²) >= 11 is 1.27. The van der Waals surface area contributed by atoms with Crippen molar-refractivity contribution in [2.75, 3.05) is 12.3 Å². The van der Waals surface area contributed by atoms with Gasteiger partial charge in [0.05, 0.1) is 23.5 Å². The van der Waals surface area contributed by atoms with Gasteiger partial charge in [-0.2, -0.15) is 0 Å². The van der Waals surface area contributed by atoms with Gasteiger partial charge >= 0.3 is 11.9 Å². The van der Waals surface area contributed by atoms with E-state index in [1.807, 2.05) is 0 Å². The monoisotopic (exact) mass is 499 g/mol. The van der Waals surface area contributed by atoms with Crippen molar-refractivity contribution in [1.82, 2.24) is 5.32 Å². The molecule has 34 heavy (non-hydrogen) atoms. The molecule has 1 fully saturated rings. The van der Waals surface area contributed by atoms with Crippen LogP contribution in [0.3, 0.4) is 0 Å². The molecular formula is C26H45NO6S. The maximum atomic E-state index is 11.9. The maximum Gasteiger partial charge on any atom is 0.322 e. The van der Waals surface area contributed by atoms with E-state index in [9.17, 15) is 19.5 Å². The van der Waals surface area contributed by atoms with Crippen LogP contribution in [0.4, 0.5) is 0 Å². The lowest BCUT2D eigenvalue weighted by Crippen LogP contribution is -2.39. The van der Waals surface area contributed by atoms with Crippen LogP contribution in [0.2, 0.25) is 0 Å². The van der Waals surface area contributed by atoms with Crippen molar-refractivity contribution in [3.63, 3.8) is 0 Å². The largest absolute Gasteiger partial charge is 0.481 e. The van der Waals surface area contributed by atoms with Crippen LogP contribution in [0, 0.1) is 5.92 Å². The number of carbonyl (C=O) groups is 3. The van der Waals surface area contributed by atoms with E-state index in [-0.39, 0.29) is 23.3 Å². The van der Waals surface area contributed by atoms with Crippen molar-refractivity contribution >= 4 is 29.6 Å². The van der Waals surface area contributed by atoms with Gasteiger partial charge in [-0.05, 0) is 31.6 Å². The summed E-state index contributed by atoms with van der Waals surface area (Å²) in [7, 11) is 0. The molecule has 3 atom stereocenters. The van der Waals surface area contributed by atoms with Crippen molar-refractivity contribution in [2.45, 2.75) is 115 Å². The van der Waals surface area contributed by atoms with Gasteiger partial charge in [0.25, 0.3) is 0 Å². The van der Waals surface area contributed by atoms with E-state index in [2.05, 4.69) is 18.3 Å². The fourth-order valence-electron chi connectivity index (χ4n) is 4.49. The number of nitrogens with one attached hydrogen (secondary N) is 1. The van der Waals surface area contributed by atoms with Gasteiger partial charge in [-0.15, -0.1) is 11.8 Å². The van der Waals surface area contributed by atoms with Crippen LogP contribution in [0.5, 0.6) is 0 Å². The van der Waals surface area contributed by atoms with Crippen molar-refractivity contribution in [1.29, 1.82) is 0 Å². The maximum absolute atomic E-state index is 11.9. The molecule has 0 aromatic heterocycles.